The fourth-order valence-corrected chi connectivity index (χ4v) is 5.78. The number of nitrogens with zero attached hydrogens (tertiary/aromatic N) is 1. The molecule has 3 rings (SSSR count). The molecule has 1 amide bonds. The van der Waals surface area contributed by atoms with E-state index in [1.807, 2.05) is 30.8 Å². The maximum atomic E-state index is 12.7. The lowest BCUT2D eigenvalue weighted by Gasteiger charge is -2.32. The predicted octanol–water partition coefficient (Wildman–Crippen LogP) is 1.36. The Morgan fingerprint density at radius 1 is 1.27 bits per heavy atom. The van der Waals surface area contributed by atoms with Crippen molar-refractivity contribution in [1.29, 1.82) is 0 Å². The van der Waals surface area contributed by atoms with Crippen molar-refractivity contribution < 1.29 is 13.2 Å². The molecule has 0 aliphatic carbocycles. The molecule has 0 saturated carbocycles. The van der Waals surface area contributed by atoms with Crippen molar-refractivity contribution in [2.24, 2.45) is 0 Å². The third kappa shape index (κ3) is 5.00. The van der Waals surface area contributed by atoms with E-state index < -0.39 is 10.0 Å². The molecule has 2 saturated heterocycles. The lowest BCUT2D eigenvalue weighted by molar-refractivity contribution is -0.122. The van der Waals surface area contributed by atoms with E-state index in [1.54, 1.807) is 12.1 Å². The molecular weight excluding hydrogens is 370 g/mol. The molecule has 2 heterocycles. The van der Waals surface area contributed by atoms with Crippen LogP contribution in [-0.4, -0.2) is 61.9 Å². The number of carbonyl (C=O) groups excluding carboxylic acids is 1. The van der Waals surface area contributed by atoms with Gasteiger partial charge in [0.25, 0.3) is 0 Å². The van der Waals surface area contributed by atoms with E-state index in [0.29, 0.717) is 37.2 Å². The Morgan fingerprint density at radius 3 is 2.58 bits per heavy atom. The first-order chi connectivity index (χ1) is 12.4. The molecule has 1 atom stereocenters. The largest absolute Gasteiger partial charge is 0.353 e. The standard InChI is InChI=1S/C18H27N3O3S2/c1-14-2-4-17(5-3-14)26(23,24)21-9-6-15(7-10-21)20-18(22)12-16-13-25-11-8-19-16/h2-5,15-16,19H,6-13H2,1H3,(H,20,22). The van der Waals surface area contributed by atoms with Crippen molar-refractivity contribution in [2.45, 2.75) is 43.2 Å². The highest BCUT2D eigenvalue weighted by molar-refractivity contribution is 7.99. The van der Waals surface area contributed by atoms with Crippen molar-refractivity contribution in [3.05, 3.63) is 29.8 Å². The van der Waals surface area contributed by atoms with Gasteiger partial charge in [0.05, 0.1) is 4.90 Å². The molecule has 26 heavy (non-hydrogen) atoms. The van der Waals surface area contributed by atoms with Crippen LogP contribution in [0.4, 0.5) is 0 Å². The summed E-state index contributed by atoms with van der Waals surface area (Å²) in [6, 6.07) is 7.26. The topological polar surface area (TPSA) is 78.5 Å². The van der Waals surface area contributed by atoms with E-state index >= 15 is 0 Å². The highest BCUT2D eigenvalue weighted by Crippen LogP contribution is 2.21. The molecule has 1 unspecified atom stereocenters. The van der Waals surface area contributed by atoms with Crippen molar-refractivity contribution in [3.63, 3.8) is 0 Å². The number of amides is 1. The van der Waals surface area contributed by atoms with Crippen molar-refractivity contribution in [2.75, 3.05) is 31.1 Å². The summed E-state index contributed by atoms with van der Waals surface area (Å²) in [7, 11) is -3.45. The van der Waals surface area contributed by atoms with E-state index in [4.69, 9.17) is 0 Å². The van der Waals surface area contributed by atoms with Crippen LogP contribution in [-0.2, 0) is 14.8 Å². The van der Waals surface area contributed by atoms with Gasteiger partial charge in [0.2, 0.25) is 15.9 Å². The monoisotopic (exact) mass is 397 g/mol. The number of hydrogen-bond acceptors (Lipinski definition) is 5. The zero-order valence-corrected chi connectivity index (χ0v) is 16.7. The number of piperidine rings is 1. The third-order valence-electron chi connectivity index (χ3n) is 4.91. The summed E-state index contributed by atoms with van der Waals surface area (Å²) in [5, 5.41) is 6.44. The van der Waals surface area contributed by atoms with Crippen LogP contribution in [0.15, 0.2) is 29.2 Å². The van der Waals surface area contributed by atoms with Gasteiger partial charge in [-0.05, 0) is 31.9 Å². The van der Waals surface area contributed by atoms with Gasteiger partial charge in [-0.2, -0.15) is 16.1 Å². The van der Waals surface area contributed by atoms with E-state index in [9.17, 15) is 13.2 Å². The maximum absolute atomic E-state index is 12.7. The fraction of sp³-hybridized carbons (Fsp3) is 0.611. The summed E-state index contributed by atoms with van der Waals surface area (Å²) in [5.74, 6) is 2.14. The van der Waals surface area contributed by atoms with Crippen molar-refractivity contribution in [1.82, 2.24) is 14.9 Å². The Labute approximate surface area is 160 Å². The Hall–Kier alpha value is -1.09. The van der Waals surface area contributed by atoms with Crippen LogP contribution in [0.2, 0.25) is 0 Å². The van der Waals surface area contributed by atoms with E-state index in [-0.39, 0.29) is 18.0 Å². The van der Waals surface area contributed by atoms with Crippen LogP contribution >= 0.6 is 11.8 Å². The van der Waals surface area contributed by atoms with Gasteiger partial charge in [0, 0.05) is 49.6 Å². The lowest BCUT2D eigenvalue weighted by Crippen LogP contribution is -2.48. The molecule has 0 bridgehead atoms. The minimum Gasteiger partial charge on any atom is -0.353 e. The van der Waals surface area contributed by atoms with Gasteiger partial charge >= 0.3 is 0 Å². The first-order valence-electron chi connectivity index (χ1n) is 9.12. The number of benzene rings is 1. The van der Waals surface area contributed by atoms with Gasteiger partial charge in [-0.25, -0.2) is 8.42 Å². The molecule has 0 radical (unpaired) electrons. The highest BCUT2D eigenvalue weighted by atomic mass is 32.2. The first kappa shape index (κ1) is 19.7. The van der Waals surface area contributed by atoms with Crippen LogP contribution in [0.25, 0.3) is 0 Å². The number of carbonyl (C=O) groups is 1. The third-order valence-corrected chi connectivity index (χ3v) is 7.95. The van der Waals surface area contributed by atoms with Gasteiger partial charge in [-0.3, -0.25) is 4.79 Å². The summed E-state index contributed by atoms with van der Waals surface area (Å²) < 4.78 is 27.0. The van der Waals surface area contributed by atoms with Gasteiger partial charge in [0.15, 0.2) is 0 Å². The molecular formula is C18H27N3O3S2. The Kier molecular flexibility index (Phi) is 6.60. The normalized spacial score (nSPS) is 22.9. The summed E-state index contributed by atoms with van der Waals surface area (Å²) >= 11 is 1.88. The van der Waals surface area contributed by atoms with Crippen LogP contribution in [0.5, 0.6) is 0 Å². The molecule has 0 aromatic heterocycles. The van der Waals surface area contributed by atoms with Gasteiger partial charge in [-0.1, -0.05) is 17.7 Å². The number of sulfonamides is 1. The zero-order valence-electron chi connectivity index (χ0n) is 15.1. The molecule has 144 valence electrons. The Morgan fingerprint density at radius 2 is 1.96 bits per heavy atom. The second kappa shape index (κ2) is 8.73. The summed E-state index contributed by atoms with van der Waals surface area (Å²) in [5.41, 5.74) is 1.04. The lowest BCUT2D eigenvalue weighted by atomic mass is 10.1. The molecule has 1 aromatic carbocycles. The summed E-state index contributed by atoms with van der Waals surface area (Å²) in [6.45, 7) is 3.78. The zero-order chi connectivity index (χ0) is 18.6. The predicted molar refractivity (Wildman–Crippen MR) is 105 cm³/mol. The smallest absolute Gasteiger partial charge is 0.243 e. The van der Waals surface area contributed by atoms with E-state index in [1.165, 1.54) is 4.31 Å². The van der Waals surface area contributed by atoms with E-state index in [2.05, 4.69) is 10.6 Å². The second-order valence-corrected chi connectivity index (χ2v) is 10.1. The number of rotatable bonds is 5. The Balaban J connectivity index is 1.49. The molecule has 8 heteroatoms. The highest BCUT2D eigenvalue weighted by Gasteiger charge is 2.30. The molecule has 2 fully saturated rings. The van der Waals surface area contributed by atoms with Crippen LogP contribution in [0, 0.1) is 6.92 Å². The number of thioether (sulfide) groups is 1. The molecule has 2 aliphatic rings. The number of nitrogens with one attached hydrogen (secondary N) is 2. The first-order valence-corrected chi connectivity index (χ1v) is 11.7. The summed E-state index contributed by atoms with van der Waals surface area (Å²) in [4.78, 5) is 12.6. The minimum atomic E-state index is -3.45. The fourth-order valence-electron chi connectivity index (χ4n) is 3.36. The quantitative estimate of drug-likeness (QED) is 0.784. The average molecular weight is 398 g/mol. The van der Waals surface area contributed by atoms with Crippen molar-refractivity contribution in [3.8, 4) is 0 Å². The number of aryl methyl sites for hydroxylation is 1. The molecule has 6 nitrogen and oxygen atoms in total. The molecule has 2 N–H and O–H groups in total. The summed E-state index contributed by atoms with van der Waals surface area (Å²) in [6.07, 6.45) is 1.81. The van der Waals surface area contributed by atoms with Crippen molar-refractivity contribution >= 4 is 27.7 Å². The van der Waals surface area contributed by atoms with Gasteiger partial charge < -0.3 is 10.6 Å². The van der Waals surface area contributed by atoms with Crippen LogP contribution in [0.3, 0.4) is 0 Å². The molecule has 2 aliphatic heterocycles. The SMILES string of the molecule is Cc1ccc(S(=O)(=O)N2CCC(NC(=O)CC3CSCCN3)CC2)cc1. The van der Waals surface area contributed by atoms with Gasteiger partial charge in [0.1, 0.15) is 0 Å². The second-order valence-electron chi connectivity index (χ2n) is 6.99. The van der Waals surface area contributed by atoms with Crippen LogP contribution < -0.4 is 10.6 Å². The van der Waals surface area contributed by atoms with Crippen LogP contribution in [0.1, 0.15) is 24.8 Å². The van der Waals surface area contributed by atoms with Gasteiger partial charge in [-0.15, -0.1) is 0 Å². The molecule has 0 spiro atoms. The minimum absolute atomic E-state index is 0.0585. The maximum Gasteiger partial charge on any atom is 0.243 e. The average Bonchev–Trinajstić information content (AvgIpc) is 2.63. The number of hydrogen-bond donors (Lipinski definition) is 2. The Bertz CT molecular complexity index is 708. The van der Waals surface area contributed by atoms with E-state index in [0.717, 1.165) is 23.6 Å². The molecule has 1 aromatic rings.